The summed E-state index contributed by atoms with van der Waals surface area (Å²) in [5, 5.41) is 7.70. The van der Waals surface area contributed by atoms with Crippen molar-refractivity contribution in [3.8, 4) is 16.9 Å². The van der Waals surface area contributed by atoms with Crippen molar-refractivity contribution in [1.82, 2.24) is 29.5 Å². The molecule has 1 aliphatic heterocycles. The fourth-order valence-corrected chi connectivity index (χ4v) is 4.53. The molecule has 5 rings (SSSR count). The Kier molecular flexibility index (Phi) is 4.58. The number of H-pyrrole nitrogens is 1. The smallest absolute Gasteiger partial charge is 0.326 e. The SMILES string of the molecule is COc1cc(-c2cc3[nH]c(=O)n([C@@H]4CCCNC4)c3cc2C(C)C)cn2ncnc12. The highest BCUT2D eigenvalue weighted by atomic mass is 16.5. The molecule has 1 aliphatic rings. The summed E-state index contributed by atoms with van der Waals surface area (Å²) < 4.78 is 9.20. The minimum atomic E-state index is -0.0464. The average Bonchev–Trinajstić information content (AvgIpc) is 3.35. The van der Waals surface area contributed by atoms with Gasteiger partial charge in [-0.1, -0.05) is 13.8 Å². The lowest BCUT2D eigenvalue weighted by atomic mass is 9.92. The lowest BCUT2D eigenvalue weighted by Crippen LogP contribution is -2.35. The van der Waals surface area contributed by atoms with Gasteiger partial charge in [0, 0.05) is 18.3 Å². The fourth-order valence-electron chi connectivity index (χ4n) is 4.53. The lowest BCUT2D eigenvalue weighted by Gasteiger charge is -2.24. The second-order valence-corrected chi connectivity index (χ2v) is 8.24. The molecule has 0 amide bonds. The van der Waals surface area contributed by atoms with Gasteiger partial charge in [-0.2, -0.15) is 5.10 Å². The van der Waals surface area contributed by atoms with Crippen molar-refractivity contribution in [3.05, 3.63) is 46.8 Å². The number of ether oxygens (including phenoxy) is 1. The Balaban J connectivity index is 1.73. The zero-order valence-corrected chi connectivity index (χ0v) is 17.5. The lowest BCUT2D eigenvalue weighted by molar-refractivity contribution is 0.372. The quantitative estimate of drug-likeness (QED) is 0.544. The summed E-state index contributed by atoms with van der Waals surface area (Å²) in [5.41, 5.74) is 5.66. The van der Waals surface area contributed by atoms with Crippen LogP contribution in [0.4, 0.5) is 0 Å². The maximum absolute atomic E-state index is 12.8. The predicted molar refractivity (Wildman–Crippen MR) is 116 cm³/mol. The average molecular weight is 406 g/mol. The number of nitrogens with zero attached hydrogens (tertiary/aromatic N) is 4. The van der Waals surface area contributed by atoms with E-state index in [0.717, 1.165) is 48.1 Å². The summed E-state index contributed by atoms with van der Waals surface area (Å²) in [7, 11) is 1.64. The van der Waals surface area contributed by atoms with Crippen LogP contribution in [0, 0.1) is 0 Å². The summed E-state index contributed by atoms with van der Waals surface area (Å²) >= 11 is 0. The Morgan fingerprint density at radius 1 is 1.27 bits per heavy atom. The number of hydrogen-bond donors (Lipinski definition) is 2. The monoisotopic (exact) mass is 406 g/mol. The summed E-state index contributed by atoms with van der Waals surface area (Å²) in [6, 6.07) is 6.41. The molecule has 0 saturated carbocycles. The first-order valence-electron chi connectivity index (χ1n) is 10.4. The molecule has 0 unspecified atom stereocenters. The molecule has 0 bridgehead atoms. The van der Waals surface area contributed by atoms with Gasteiger partial charge in [-0.05, 0) is 54.6 Å². The van der Waals surface area contributed by atoms with Gasteiger partial charge in [-0.25, -0.2) is 14.3 Å². The van der Waals surface area contributed by atoms with Gasteiger partial charge in [0.05, 0.1) is 24.2 Å². The van der Waals surface area contributed by atoms with Gasteiger partial charge >= 0.3 is 5.69 Å². The Morgan fingerprint density at radius 3 is 2.87 bits per heavy atom. The minimum absolute atomic E-state index is 0.0464. The summed E-state index contributed by atoms with van der Waals surface area (Å²) in [5.74, 6) is 0.948. The predicted octanol–water partition coefficient (Wildman–Crippen LogP) is 3.10. The van der Waals surface area contributed by atoms with Gasteiger partial charge in [-0.3, -0.25) is 4.57 Å². The van der Waals surface area contributed by atoms with Gasteiger partial charge in [0.25, 0.3) is 0 Å². The molecule has 1 saturated heterocycles. The number of aromatic amines is 1. The summed E-state index contributed by atoms with van der Waals surface area (Å²) in [6.45, 7) is 6.19. The summed E-state index contributed by atoms with van der Waals surface area (Å²) in [6.07, 6.45) is 5.57. The van der Waals surface area contributed by atoms with Gasteiger partial charge in [0.15, 0.2) is 11.4 Å². The van der Waals surface area contributed by atoms with Gasteiger partial charge < -0.3 is 15.0 Å². The zero-order valence-electron chi connectivity index (χ0n) is 17.5. The van der Waals surface area contributed by atoms with Gasteiger partial charge in [0.1, 0.15) is 6.33 Å². The molecule has 30 heavy (non-hydrogen) atoms. The first kappa shape index (κ1) is 18.9. The maximum Gasteiger partial charge on any atom is 0.326 e. The third-order valence-electron chi connectivity index (χ3n) is 6.02. The first-order valence-corrected chi connectivity index (χ1v) is 10.4. The third-order valence-corrected chi connectivity index (χ3v) is 6.02. The fraction of sp³-hybridized carbons (Fsp3) is 0.409. The molecular formula is C22H26N6O2. The normalized spacial score (nSPS) is 17.3. The van der Waals surface area contributed by atoms with Crippen LogP contribution in [0.5, 0.6) is 5.75 Å². The molecule has 3 aromatic heterocycles. The molecule has 0 aliphatic carbocycles. The number of hydrogen-bond acceptors (Lipinski definition) is 5. The molecule has 156 valence electrons. The number of imidazole rings is 1. The van der Waals surface area contributed by atoms with E-state index in [0.29, 0.717) is 11.4 Å². The van der Waals surface area contributed by atoms with Crippen LogP contribution in [-0.2, 0) is 0 Å². The highest BCUT2D eigenvalue weighted by molar-refractivity contribution is 5.85. The molecule has 1 fully saturated rings. The number of nitrogens with one attached hydrogen (secondary N) is 2. The summed E-state index contributed by atoms with van der Waals surface area (Å²) in [4.78, 5) is 20.2. The molecule has 1 atom stereocenters. The van der Waals surface area contributed by atoms with Crippen molar-refractivity contribution in [1.29, 1.82) is 0 Å². The van der Waals surface area contributed by atoms with E-state index in [4.69, 9.17) is 4.74 Å². The van der Waals surface area contributed by atoms with Crippen LogP contribution in [-0.4, -0.2) is 44.3 Å². The molecular weight excluding hydrogens is 380 g/mol. The van der Waals surface area contributed by atoms with Crippen molar-refractivity contribution < 1.29 is 4.74 Å². The molecule has 0 radical (unpaired) electrons. The highest BCUT2D eigenvalue weighted by Crippen LogP contribution is 2.35. The number of rotatable bonds is 4. The maximum atomic E-state index is 12.8. The van der Waals surface area contributed by atoms with E-state index in [1.54, 1.807) is 11.6 Å². The molecule has 8 nitrogen and oxygen atoms in total. The number of pyridine rings is 1. The van der Waals surface area contributed by atoms with Crippen molar-refractivity contribution in [2.24, 2.45) is 0 Å². The topological polar surface area (TPSA) is 89.2 Å². The minimum Gasteiger partial charge on any atom is -0.493 e. The van der Waals surface area contributed by atoms with E-state index in [9.17, 15) is 4.79 Å². The number of piperidine rings is 1. The van der Waals surface area contributed by atoms with Crippen molar-refractivity contribution >= 4 is 16.7 Å². The molecule has 1 aromatic carbocycles. The second kappa shape index (κ2) is 7.28. The van der Waals surface area contributed by atoms with Crippen LogP contribution in [0.1, 0.15) is 44.2 Å². The Hall–Kier alpha value is -3.13. The van der Waals surface area contributed by atoms with Crippen molar-refractivity contribution in [2.45, 2.75) is 38.6 Å². The molecule has 4 heterocycles. The third kappa shape index (κ3) is 2.99. The largest absolute Gasteiger partial charge is 0.493 e. The Labute approximate surface area is 173 Å². The van der Waals surface area contributed by atoms with Crippen LogP contribution in [0.3, 0.4) is 0 Å². The molecule has 4 aromatic rings. The Morgan fingerprint density at radius 2 is 2.13 bits per heavy atom. The Bertz CT molecular complexity index is 1280. The van der Waals surface area contributed by atoms with E-state index in [1.807, 2.05) is 16.8 Å². The number of fused-ring (bicyclic) bond motifs is 2. The van der Waals surface area contributed by atoms with Crippen molar-refractivity contribution in [2.75, 3.05) is 20.2 Å². The van der Waals surface area contributed by atoms with Crippen LogP contribution in [0.25, 0.3) is 27.8 Å². The van der Waals surface area contributed by atoms with E-state index >= 15 is 0 Å². The van der Waals surface area contributed by atoms with Crippen molar-refractivity contribution in [3.63, 3.8) is 0 Å². The van der Waals surface area contributed by atoms with Crippen LogP contribution in [0.15, 0.2) is 35.5 Å². The van der Waals surface area contributed by atoms with E-state index in [1.165, 1.54) is 11.9 Å². The number of aromatic nitrogens is 5. The van der Waals surface area contributed by atoms with Crippen LogP contribution in [0.2, 0.25) is 0 Å². The molecule has 2 N–H and O–H groups in total. The standard InChI is InChI=1S/C22H26N6O2/c1-13(2)16-9-19-18(26-22(29)28(19)15-5-4-6-23-10-15)8-17(16)14-7-20(30-3)21-24-12-25-27(21)11-14/h7-9,11-13,15,23H,4-6,10H2,1-3H3,(H,26,29)/t15-/m1/s1. The van der Waals surface area contributed by atoms with E-state index in [2.05, 4.69) is 46.4 Å². The van der Waals surface area contributed by atoms with Gasteiger partial charge in [0.2, 0.25) is 0 Å². The van der Waals surface area contributed by atoms with Crippen LogP contribution < -0.4 is 15.7 Å². The van der Waals surface area contributed by atoms with Gasteiger partial charge in [-0.15, -0.1) is 0 Å². The molecule has 8 heteroatoms. The second-order valence-electron chi connectivity index (χ2n) is 8.24. The highest BCUT2D eigenvalue weighted by Gasteiger charge is 2.22. The zero-order chi connectivity index (χ0) is 20.8. The van der Waals surface area contributed by atoms with Crippen LogP contribution >= 0.6 is 0 Å². The number of benzene rings is 1. The van der Waals surface area contributed by atoms with E-state index < -0.39 is 0 Å². The first-order chi connectivity index (χ1) is 14.6. The van der Waals surface area contributed by atoms with E-state index in [-0.39, 0.29) is 17.6 Å². The molecule has 0 spiro atoms. The number of methoxy groups -OCH3 is 1.